The van der Waals surface area contributed by atoms with Crippen LogP contribution in [0.2, 0.25) is 0 Å². The van der Waals surface area contributed by atoms with E-state index in [0.717, 1.165) is 105 Å². The lowest BCUT2D eigenvalue weighted by molar-refractivity contribution is -0.172. The van der Waals surface area contributed by atoms with Gasteiger partial charge in [-0.05, 0) is 207 Å². The Labute approximate surface area is 459 Å². The normalized spacial score (nSPS) is 33.2. The third kappa shape index (κ3) is 13.0. The number of fused-ring (bicyclic) bond motifs is 5. The average Bonchev–Trinajstić information content (AvgIpc) is 3.95. The van der Waals surface area contributed by atoms with Crippen LogP contribution in [0.25, 0.3) is 11.1 Å². The molecular weight excluding hydrogens is 1020 g/mol. The first-order chi connectivity index (χ1) is 36.1. The van der Waals surface area contributed by atoms with Crippen molar-refractivity contribution >= 4 is 44.0 Å². The molecule has 77 heavy (non-hydrogen) atoms. The number of aryl methyl sites for hydroxylation is 2. The maximum atomic E-state index is 14.3. The molecule has 2 unspecified atom stereocenters. The summed E-state index contributed by atoms with van der Waals surface area (Å²) in [6, 6.07) is 12.8. The summed E-state index contributed by atoms with van der Waals surface area (Å²) in [6.07, 6.45) is 15.1. The summed E-state index contributed by atoms with van der Waals surface area (Å²) in [6.45, 7) is 15.0. The number of rotatable bonds is 19. The highest BCUT2D eigenvalue weighted by atomic mass is 32.2. The number of carbonyl (C=O) groups is 4. The largest absolute Gasteiger partial charge is 0.462 e. The smallest absolute Gasteiger partial charge is 0.306 e. The Hall–Kier alpha value is -3.86. The van der Waals surface area contributed by atoms with Crippen molar-refractivity contribution in [2.75, 3.05) is 24.6 Å². The zero-order valence-corrected chi connectivity index (χ0v) is 48.5. The predicted octanol–water partition coefficient (Wildman–Crippen LogP) is 10.6. The van der Waals surface area contributed by atoms with Crippen molar-refractivity contribution in [1.82, 2.24) is 10.6 Å². The second kappa shape index (κ2) is 22.2. The molecule has 4 N–H and O–H groups in total. The molecule has 8 aliphatic carbocycles. The van der Waals surface area contributed by atoms with Crippen LogP contribution in [0.1, 0.15) is 185 Å². The minimum absolute atomic E-state index is 0.0149. The Morgan fingerprint density at radius 1 is 0.662 bits per heavy atom. The van der Waals surface area contributed by atoms with Gasteiger partial charge in [-0.3, -0.25) is 28.3 Å². The van der Waals surface area contributed by atoms with Crippen LogP contribution >= 0.6 is 0 Å². The third-order valence-corrected chi connectivity index (χ3v) is 22.7. The van der Waals surface area contributed by atoms with Gasteiger partial charge in [0.25, 0.3) is 20.2 Å². The molecule has 426 valence electrons. The average molecular weight is 1110 g/mol. The number of esters is 2. The molecule has 8 saturated carbocycles. The molecule has 16 heteroatoms. The van der Waals surface area contributed by atoms with E-state index in [1.807, 2.05) is 13.8 Å². The molecule has 4 bridgehead atoms. The lowest BCUT2D eigenvalue weighted by atomic mass is 9.45. The van der Waals surface area contributed by atoms with Gasteiger partial charge in [0.15, 0.2) is 0 Å². The molecule has 2 aromatic rings. The molecule has 8 aliphatic rings. The van der Waals surface area contributed by atoms with Crippen molar-refractivity contribution in [1.29, 1.82) is 0 Å². The van der Waals surface area contributed by atoms with Crippen molar-refractivity contribution in [3.63, 3.8) is 0 Å². The van der Waals surface area contributed by atoms with Crippen LogP contribution in [-0.4, -0.2) is 86.5 Å². The van der Waals surface area contributed by atoms with Crippen LogP contribution in [-0.2, 0) is 54.3 Å². The van der Waals surface area contributed by atoms with Crippen LogP contribution in [0.15, 0.2) is 36.4 Å². The standard InChI is InChI=1S/C61H88N2O12S2/c1-37-25-50(38(2)24-49(37)42-8-10-44(11-9-42)58(3,4)5)43(29-54(64)62-20-22-76(68,69)70)30-56(66)75-53-15-14-51-48-13-12-45-31-47(16-18-59(45,6)52(48)17-19-60(51,53)7)74-57(67)33-46(32-55(65)63-21-23-77(71,72)73)61-34-39-26-40(35-61)28-41(27-39)36-61/h8-11,24-25,39-41,43,45-48,51-53H,12-23,26-36H2,1-7H3,(H,62,64)(H,63,65)(H,68,69,70)(H,71,72,73)/t39?,40?,41?,43?,45-,46?,47-,48-,51-,52-,53-,59-,60-,61?/m0/s1. The molecule has 0 aromatic heterocycles. The monoisotopic (exact) mass is 1100 g/mol. The molecule has 0 heterocycles. The van der Waals surface area contributed by atoms with Crippen molar-refractivity contribution in [2.45, 2.75) is 194 Å². The zero-order chi connectivity index (χ0) is 55.5. The summed E-state index contributed by atoms with van der Waals surface area (Å²) >= 11 is 0. The molecule has 2 amide bonds. The fourth-order valence-electron chi connectivity index (χ4n) is 17.8. The van der Waals surface area contributed by atoms with Gasteiger partial charge in [0, 0.05) is 43.7 Å². The molecule has 0 saturated heterocycles. The maximum absolute atomic E-state index is 14.3. The summed E-state index contributed by atoms with van der Waals surface area (Å²) in [4.78, 5) is 55.2. The second-order valence-electron chi connectivity index (χ2n) is 27.3. The Balaban J connectivity index is 0.828. The van der Waals surface area contributed by atoms with E-state index in [0.29, 0.717) is 41.4 Å². The van der Waals surface area contributed by atoms with Gasteiger partial charge in [0.05, 0.1) is 17.9 Å². The Morgan fingerprint density at radius 2 is 1.23 bits per heavy atom. The van der Waals surface area contributed by atoms with Crippen molar-refractivity contribution in [2.24, 2.45) is 63.6 Å². The van der Waals surface area contributed by atoms with E-state index in [-0.39, 0.29) is 96.4 Å². The number of nitrogens with one attached hydrogen (secondary N) is 2. The first-order valence-corrected chi connectivity index (χ1v) is 32.4. The maximum Gasteiger partial charge on any atom is 0.306 e. The highest BCUT2D eigenvalue weighted by molar-refractivity contribution is 7.86. The Morgan fingerprint density at radius 3 is 1.83 bits per heavy atom. The summed E-state index contributed by atoms with van der Waals surface area (Å²) in [7, 11) is -8.49. The number of carbonyl (C=O) groups excluding carboxylic acids is 4. The number of amides is 2. The first kappa shape index (κ1) is 57.8. The van der Waals surface area contributed by atoms with E-state index >= 15 is 0 Å². The predicted molar refractivity (Wildman–Crippen MR) is 296 cm³/mol. The summed E-state index contributed by atoms with van der Waals surface area (Å²) in [5.41, 5.74) is 6.03. The quantitative estimate of drug-likeness (QED) is 0.0763. The van der Waals surface area contributed by atoms with E-state index in [4.69, 9.17) is 9.47 Å². The number of hydrogen-bond acceptors (Lipinski definition) is 10. The van der Waals surface area contributed by atoms with E-state index in [1.165, 1.54) is 24.8 Å². The van der Waals surface area contributed by atoms with Crippen LogP contribution in [0.3, 0.4) is 0 Å². The van der Waals surface area contributed by atoms with Gasteiger partial charge in [0.2, 0.25) is 11.8 Å². The van der Waals surface area contributed by atoms with Crippen molar-refractivity contribution < 1.29 is 54.6 Å². The molecular formula is C61H88N2O12S2. The zero-order valence-electron chi connectivity index (χ0n) is 46.9. The van der Waals surface area contributed by atoms with E-state index in [2.05, 4.69) is 81.7 Å². The fourth-order valence-corrected chi connectivity index (χ4v) is 18.5. The van der Waals surface area contributed by atoms with Gasteiger partial charge in [0.1, 0.15) is 12.2 Å². The van der Waals surface area contributed by atoms with Gasteiger partial charge in [-0.25, -0.2) is 0 Å². The Bertz CT molecular complexity index is 2740. The van der Waals surface area contributed by atoms with Gasteiger partial charge >= 0.3 is 11.9 Å². The van der Waals surface area contributed by atoms with Crippen LogP contribution < -0.4 is 10.6 Å². The van der Waals surface area contributed by atoms with Crippen LogP contribution in [0.5, 0.6) is 0 Å². The van der Waals surface area contributed by atoms with Gasteiger partial charge < -0.3 is 20.1 Å². The Kier molecular flexibility index (Phi) is 16.7. The van der Waals surface area contributed by atoms with Gasteiger partial charge in [-0.1, -0.05) is 71.0 Å². The molecule has 0 aliphatic heterocycles. The van der Waals surface area contributed by atoms with E-state index < -0.39 is 43.6 Å². The van der Waals surface area contributed by atoms with Gasteiger partial charge in [-0.2, -0.15) is 16.8 Å². The van der Waals surface area contributed by atoms with E-state index in [9.17, 15) is 45.1 Å². The lowest BCUT2D eigenvalue weighted by Gasteiger charge is -2.60. The molecule has 8 fully saturated rings. The number of ether oxygens (including phenoxy) is 2. The van der Waals surface area contributed by atoms with E-state index in [1.54, 1.807) is 0 Å². The third-order valence-electron chi connectivity index (χ3n) is 21.2. The second-order valence-corrected chi connectivity index (χ2v) is 30.4. The highest BCUT2D eigenvalue weighted by Crippen LogP contribution is 2.67. The summed E-state index contributed by atoms with van der Waals surface area (Å²) in [5.74, 6) is 0.577. The number of hydrogen-bond donors (Lipinski definition) is 4. The first-order valence-electron chi connectivity index (χ1n) is 29.1. The van der Waals surface area contributed by atoms with Crippen molar-refractivity contribution in [3.8, 4) is 11.1 Å². The van der Waals surface area contributed by atoms with Crippen LogP contribution in [0, 0.1) is 77.4 Å². The molecule has 10 atom stereocenters. The van der Waals surface area contributed by atoms with Crippen LogP contribution in [0.4, 0.5) is 0 Å². The minimum atomic E-state index is -4.27. The highest BCUT2D eigenvalue weighted by Gasteiger charge is 2.62. The molecule has 10 rings (SSSR count). The summed E-state index contributed by atoms with van der Waals surface area (Å²) in [5, 5.41) is 5.33. The van der Waals surface area contributed by atoms with Gasteiger partial charge in [-0.15, -0.1) is 0 Å². The number of benzene rings is 2. The lowest BCUT2D eigenvalue weighted by Crippen LogP contribution is -2.55. The minimum Gasteiger partial charge on any atom is -0.462 e. The molecule has 0 spiro atoms. The molecule has 2 aromatic carbocycles. The molecule has 14 nitrogen and oxygen atoms in total. The topological polar surface area (TPSA) is 220 Å². The van der Waals surface area contributed by atoms with Crippen molar-refractivity contribution in [3.05, 3.63) is 58.7 Å². The summed E-state index contributed by atoms with van der Waals surface area (Å²) < 4.78 is 77.2. The SMILES string of the molecule is Cc1cc(C(CC(=O)NCCS(=O)(=O)O)CC(=O)O[C@H]2CC[C@H]3[C@@H]4CC[C@H]5C[C@@H](OC(=O)CC(CC(=O)NCCS(=O)(=O)O)C67CC8CC(CC(C8)C6)C7)CC[C@]5(C)[C@H]4CC[C@]23C)c(C)cc1-c1ccc(C(C)(C)C)cc1. The fraction of sp³-hybridized carbons (Fsp3) is 0.738. The molecule has 0 radical (unpaired) electrons.